The second kappa shape index (κ2) is 12.5. The van der Waals surface area contributed by atoms with E-state index in [1.165, 1.54) is 5.69 Å². The molecule has 0 bridgehead atoms. The number of rotatable bonds is 11. The van der Waals surface area contributed by atoms with Crippen molar-refractivity contribution in [2.45, 2.75) is 26.3 Å². The molecule has 0 saturated carbocycles. The maximum absolute atomic E-state index is 5.37. The van der Waals surface area contributed by atoms with Crippen molar-refractivity contribution in [3.8, 4) is 11.5 Å². The Bertz CT molecular complexity index is 750. The Balaban J connectivity index is 1.79. The molecule has 158 valence electrons. The van der Waals surface area contributed by atoms with E-state index in [0.29, 0.717) is 6.54 Å². The number of hydrogen-bond donors (Lipinski definition) is 2. The average molecular weight is 399 g/mol. The monoisotopic (exact) mass is 398 g/mol. The molecule has 0 aliphatic rings. The molecule has 6 heteroatoms. The lowest BCUT2D eigenvalue weighted by Gasteiger charge is -2.19. The quantitative estimate of drug-likeness (QED) is 0.344. The average Bonchev–Trinajstić information content (AvgIpc) is 2.77. The molecule has 0 aliphatic heterocycles. The molecule has 0 radical (unpaired) electrons. The number of nitrogens with one attached hydrogen (secondary N) is 2. The van der Waals surface area contributed by atoms with Crippen molar-refractivity contribution < 1.29 is 9.47 Å². The Labute approximate surface area is 174 Å². The number of ether oxygens (including phenoxy) is 2. The van der Waals surface area contributed by atoms with Crippen LogP contribution in [-0.4, -0.2) is 46.9 Å². The molecule has 0 amide bonds. The first kappa shape index (κ1) is 22.4. The third-order valence-electron chi connectivity index (χ3n) is 4.62. The van der Waals surface area contributed by atoms with Crippen LogP contribution in [0.3, 0.4) is 0 Å². The van der Waals surface area contributed by atoms with Gasteiger partial charge < -0.3 is 25.0 Å². The Morgan fingerprint density at radius 2 is 1.72 bits per heavy atom. The van der Waals surface area contributed by atoms with E-state index in [2.05, 4.69) is 58.8 Å². The highest BCUT2D eigenvalue weighted by Gasteiger charge is 2.05. The first-order valence-corrected chi connectivity index (χ1v) is 10.2. The summed E-state index contributed by atoms with van der Waals surface area (Å²) < 4.78 is 10.7. The minimum atomic E-state index is 0.576. The summed E-state index contributed by atoms with van der Waals surface area (Å²) >= 11 is 0. The molecule has 2 rings (SSSR count). The summed E-state index contributed by atoms with van der Waals surface area (Å²) in [4.78, 5) is 6.97. The molecular formula is C23H34N4O2. The van der Waals surface area contributed by atoms with Crippen LogP contribution in [0.25, 0.3) is 0 Å². The summed E-state index contributed by atoms with van der Waals surface area (Å²) in [6.07, 6.45) is 2.20. The summed E-state index contributed by atoms with van der Waals surface area (Å²) in [5, 5.41) is 6.72. The molecule has 0 unspecified atom stereocenters. The number of hydrogen-bond acceptors (Lipinski definition) is 4. The number of guanidine groups is 1. The zero-order chi connectivity index (χ0) is 20.9. The molecule has 0 heterocycles. The summed E-state index contributed by atoms with van der Waals surface area (Å²) in [5.74, 6) is 2.28. The van der Waals surface area contributed by atoms with Gasteiger partial charge in [-0.05, 0) is 49.6 Å². The van der Waals surface area contributed by atoms with Gasteiger partial charge in [-0.2, -0.15) is 0 Å². The number of nitrogens with zero attached hydrogens (tertiary/aromatic N) is 2. The molecule has 0 fully saturated rings. The number of anilines is 1. The van der Waals surface area contributed by atoms with Gasteiger partial charge in [0.1, 0.15) is 0 Å². The maximum Gasteiger partial charge on any atom is 0.191 e. The van der Waals surface area contributed by atoms with Crippen molar-refractivity contribution in [2.24, 2.45) is 4.99 Å². The number of para-hydroxylation sites is 1. The molecule has 2 aromatic carbocycles. The Morgan fingerprint density at radius 1 is 0.966 bits per heavy atom. The van der Waals surface area contributed by atoms with Crippen LogP contribution in [0, 0.1) is 0 Å². The predicted molar refractivity (Wildman–Crippen MR) is 121 cm³/mol. The first-order chi connectivity index (χ1) is 14.2. The van der Waals surface area contributed by atoms with E-state index < -0.39 is 0 Å². The summed E-state index contributed by atoms with van der Waals surface area (Å²) in [7, 11) is 5.42. The highest BCUT2D eigenvalue weighted by Crippen LogP contribution is 2.27. The molecule has 2 aromatic rings. The standard InChI is InChI=1S/C23H34N4O2/c1-5-24-23(26-18-19-13-14-21(28-3)22(17-19)29-4)25-15-9-10-16-27(2)20-11-7-6-8-12-20/h6-8,11-14,17H,5,9-10,15-16,18H2,1-4H3,(H2,24,25,26). The molecule has 0 spiro atoms. The summed E-state index contributed by atoms with van der Waals surface area (Å²) in [6.45, 7) is 5.40. The third-order valence-corrected chi connectivity index (χ3v) is 4.62. The second-order valence-electron chi connectivity index (χ2n) is 6.78. The van der Waals surface area contributed by atoms with Crippen molar-refractivity contribution in [1.82, 2.24) is 10.6 Å². The Hall–Kier alpha value is -2.89. The van der Waals surface area contributed by atoms with Gasteiger partial charge >= 0.3 is 0 Å². The summed E-state index contributed by atoms with van der Waals surface area (Å²) in [5.41, 5.74) is 2.33. The topological polar surface area (TPSA) is 58.1 Å². The van der Waals surface area contributed by atoms with Crippen LogP contribution in [0.15, 0.2) is 53.5 Å². The van der Waals surface area contributed by atoms with E-state index in [1.54, 1.807) is 14.2 Å². The molecule has 0 aromatic heterocycles. The van der Waals surface area contributed by atoms with E-state index in [9.17, 15) is 0 Å². The predicted octanol–water partition coefficient (Wildman–Crippen LogP) is 3.68. The lowest BCUT2D eigenvalue weighted by molar-refractivity contribution is 0.354. The van der Waals surface area contributed by atoms with Gasteiger partial charge in [0.05, 0.1) is 20.8 Å². The molecule has 29 heavy (non-hydrogen) atoms. The van der Waals surface area contributed by atoms with Crippen LogP contribution in [0.4, 0.5) is 5.69 Å². The third kappa shape index (κ3) is 7.56. The highest BCUT2D eigenvalue weighted by atomic mass is 16.5. The normalized spacial score (nSPS) is 11.1. The number of unbranched alkanes of at least 4 members (excludes halogenated alkanes) is 1. The molecule has 6 nitrogen and oxygen atoms in total. The summed E-state index contributed by atoms with van der Waals surface area (Å²) in [6, 6.07) is 16.4. The molecule has 0 aliphatic carbocycles. The zero-order valence-corrected chi connectivity index (χ0v) is 18.1. The van der Waals surface area contributed by atoms with Crippen LogP contribution in [0.5, 0.6) is 11.5 Å². The fraction of sp³-hybridized carbons (Fsp3) is 0.435. The lowest BCUT2D eigenvalue weighted by Crippen LogP contribution is -2.38. The lowest BCUT2D eigenvalue weighted by atomic mass is 10.2. The largest absolute Gasteiger partial charge is 0.493 e. The van der Waals surface area contributed by atoms with E-state index in [4.69, 9.17) is 9.47 Å². The SMILES string of the molecule is CCNC(=NCc1ccc(OC)c(OC)c1)NCCCCN(C)c1ccccc1. The van der Waals surface area contributed by atoms with Crippen molar-refractivity contribution in [3.05, 3.63) is 54.1 Å². The Kier molecular flexibility index (Phi) is 9.69. The fourth-order valence-electron chi connectivity index (χ4n) is 2.98. The van der Waals surface area contributed by atoms with E-state index in [-0.39, 0.29) is 0 Å². The molecule has 0 saturated heterocycles. The van der Waals surface area contributed by atoms with Gasteiger partial charge in [0.15, 0.2) is 17.5 Å². The van der Waals surface area contributed by atoms with Gasteiger partial charge in [-0.3, -0.25) is 0 Å². The maximum atomic E-state index is 5.37. The number of aliphatic imine (C=N–C) groups is 1. The zero-order valence-electron chi connectivity index (χ0n) is 18.1. The second-order valence-corrected chi connectivity index (χ2v) is 6.78. The van der Waals surface area contributed by atoms with Crippen molar-refractivity contribution >= 4 is 11.6 Å². The van der Waals surface area contributed by atoms with E-state index in [1.807, 2.05) is 24.3 Å². The minimum Gasteiger partial charge on any atom is -0.493 e. The Morgan fingerprint density at radius 3 is 2.41 bits per heavy atom. The first-order valence-electron chi connectivity index (χ1n) is 10.2. The number of benzene rings is 2. The van der Waals surface area contributed by atoms with Crippen molar-refractivity contribution in [1.29, 1.82) is 0 Å². The van der Waals surface area contributed by atoms with E-state index >= 15 is 0 Å². The van der Waals surface area contributed by atoms with Gasteiger partial charge in [0.25, 0.3) is 0 Å². The van der Waals surface area contributed by atoms with Gasteiger partial charge in [-0.1, -0.05) is 24.3 Å². The van der Waals surface area contributed by atoms with Crippen LogP contribution in [0.1, 0.15) is 25.3 Å². The number of methoxy groups -OCH3 is 2. The molecule has 0 atom stereocenters. The smallest absolute Gasteiger partial charge is 0.191 e. The fourth-order valence-corrected chi connectivity index (χ4v) is 2.98. The van der Waals surface area contributed by atoms with Crippen LogP contribution >= 0.6 is 0 Å². The van der Waals surface area contributed by atoms with Crippen LogP contribution in [0.2, 0.25) is 0 Å². The van der Waals surface area contributed by atoms with Gasteiger partial charge in [-0.15, -0.1) is 0 Å². The highest BCUT2D eigenvalue weighted by molar-refractivity contribution is 5.79. The minimum absolute atomic E-state index is 0.576. The van der Waals surface area contributed by atoms with Gasteiger partial charge in [0, 0.05) is 32.4 Å². The van der Waals surface area contributed by atoms with Gasteiger partial charge in [-0.25, -0.2) is 4.99 Å². The van der Waals surface area contributed by atoms with Gasteiger partial charge in [0.2, 0.25) is 0 Å². The van der Waals surface area contributed by atoms with Crippen molar-refractivity contribution in [2.75, 3.05) is 45.8 Å². The van der Waals surface area contributed by atoms with Crippen LogP contribution in [-0.2, 0) is 6.54 Å². The van der Waals surface area contributed by atoms with Crippen molar-refractivity contribution in [3.63, 3.8) is 0 Å². The molecule has 2 N–H and O–H groups in total. The van der Waals surface area contributed by atoms with Crippen LogP contribution < -0.4 is 25.0 Å². The molecular weight excluding hydrogens is 364 g/mol. The van der Waals surface area contributed by atoms with E-state index in [0.717, 1.165) is 55.5 Å².